The fourth-order valence-electron chi connectivity index (χ4n) is 1.95. The molecule has 21 heavy (non-hydrogen) atoms. The van der Waals surface area contributed by atoms with E-state index in [-0.39, 0.29) is 6.54 Å². The van der Waals surface area contributed by atoms with E-state index in [0.717, 1.165) is 15.4 Å². The zero-order valence-electron chi connectivity index (χ0n) is 11.7. The topological polar surface area (TPSA) is 92.9 Å². The molecule has 0 aliphatic carbocycles. The molecule has 1 fully saturated rings. The largest absolute Gasteiger partial charge is 0.494 e. The van der Waals surface area contributed by atoms with Crippen LogP contribution in [0.2, 0.25) is 0 Å². The van der Waals surface area contributed by atoms with Gasteiger partial charge in [0, 0.05) is 20.1 Å². The van der Waals surface area contributed by atoms with Crippen LogP contribution in [0, 0.1) is 0 Å². The van der Waals surface area contributed by atoms with Gasteiger partial charge in [-0.3, -0.25) is 19.4 Å². The second kappa shape index (κ2) is 6.36. The van der Waals surface area contributed by atoms with Crippen LogP contribution in [0.1, 0.15) is 12.0 Å². The molecule has 0 atom stereocenters. The maximum Gasteiger partial charge on any atom is 0.333 e. The van der Waals surface area contributed by atoms with E-state index in [1.54, 1.807) is 0 Å². The number of hydrogen-bond donors (Lipinski definition) is 1. The van der Waals surface area contributed by atoms with Gasteiger partial charge in [-0.15, -0.1) is 0 Å². The first kappa shape index (κ1) is 15.0. The van der Waals surface area contributed by atoms with Crippen LogP contribution in [0.3, 0.4) is 0 Å². The van der Waals surface area contributed by atoms with E-state index in [1.807, 2.05) is 24.3 Å². The second-order valence-corrected chi connectivity index (χ2v) is 4.65. The van der Waals surface area contributed by atoms with E-state index in [1.165, 1.54) is 7.05 Å². The van der Waals surface area contributed by atoms with Crippen LogP contribution in [-0.2, 0) is 16.1 Å². The van der Waals surface area contributed by atoms with Gasteiger partial charge in [-0.05, 0) is 24.1 Å². The summed E-state index contributed by atoms with van der Waals surface area (Å²) < 4.78 is 5.50. The summed E-state index contributed by atoms with van der Waals surface area (Å²) in [5, 5.41) is 0. The van der Waals surface area contributed by atoms with Gasteiger partial charge in [0.2, 0.25) is 0 Å². The van der Waals surface area contributed by atoms with Gasteiger partial charge in [-0.1, -0.05) is 12.1 Å². The smallest absolute Gasteiger partial charge is 0.333 e. The van der Waals surface area contributed by atoms with Gasteiger partial charge in [0.25, 0.3) is 0 Å². The number of benzene rings is 1. The Bertz CT molecular complexity index is 556. The minimum absolute atomic E-state index is 0.161. The number of urea groups is 1. The Hall–Kier alpha value is -2.41. The van der Waals surface area contributed by atoms with Gasteiger partial charge in [-0.2, -0.15) is 0 Å². The standard InChI is InChI=1S/C14H17N3O4/c1-16-12(18)13(19)17(14(16)20)7-2-8-21-11-5-3-10(9-15)4-6-11/h3-6H,2,7-9,15H2,1H3. The maximum atomic E-state index is 11.6. The summed E-state index contributed by atoms with van der Waals surface area (Å²) in [4.78, 5) is 36.2. The number of likely N-dealkylation sites (N-methyl/N-ethyl adjacent to an activating group) is 1. The van der Waals surface area contributed by atoms with Crippen LogP contribution in [-0.4, -0.2) is 47.8 Å². The van der Waals surface area contributed by atoms with Crippen molar-refractivity contribution in [3.05, 3.63) is 29.8 Å². The van der Waals surface area contributed by atoms with Gasteiger partial charge >= 0.3 is 17.8 Å². The zero-order chi connectivity index (χ0) is 15.4. The minimum atomic E-state index is -0.793. The third-order valence-corrected chi connectivity index (χ3v) is 3.20. The summed E-state index contributed by atoms with van der Waals surface area (Å²) in [6.07, 6.45) is 0.456. The number of imide groups is 2. The van der Waals surface area contributed by atoms with E-state index < -0.39 is 17.8 Å². The lowest BCUT2D eigenvalue weighted by atomic mass is 10.2. The number of nitrogens with two attached hydrogens (primary N) is 1. The second-order valence-electron chi connectivity index (χ2n) is 4.65. The van der Waals surface area contributed by atoms with Crippen LogP contribution in [0.15, 0.2) is 24.3 Å². The molecule has 7 heteroatoms. The van der Waals surface area contributed by atoms with Crippen LogP contribution in [0.5, 0.6) is 5.75 Å². The first-order valence-corrected chi connectivity index (χ1v) is 6.60. The average Bonchev–Trinajstić information content (AvgIpc) is 2.69. The minimum Gasteiger partial charge on any atom is -0.494 e. The highest BCUT2D eigenvalue weighted by Gasteiger charge is 2.41. The third-order valence-electron chi connectivity index (χ3n) is 3.20. The van der Waals surface area contributed by atoms with Crippen molar-refractivity contribution in [2.24, 2.45) is 5.73 Å². The Morgan fingerprint density at radius 1 is 1.10 bits per heavy atom. The molecule has 0 radical (unpaired) electrons. The van der Waals surface area contributed by atoms with Crippen LogP contribution < -0.4 is 10.5 Å². The quantitative estimate of drug-likeness (QED) is 0.463. The highest BCUT2D eigenvalue weighted by molar-refractivity contribution is 6.44. The molecule has 0 spiro atoms. The van der Waals surface area contributed by atoms with Crippen molar-refractivity contribution >= 4 is 17.8 Å². The number of rotatable bonds is 6. The van der Waals surface area contributed by atoms with Gasteiger partial charge in [-0.25, -0.2) is 4.79 Å². The molecule has 2 N–H and O–H groups in total. The molecule has 0 aromatic heterocycles. The molecule has 0 unspecified atom stereocenters. The summed E-state index contributed by atoms with van der Waals surface area (Å²) >= 11 is 0. The van der Waals surface area contributed by atoms with Crippen molar-refractivity contribution in [1.82, 2.24) is 9.80 Å². The number of carbonyl (C=O) groups excluding carboxylic acids is 3. The summed E-state index contributed by atoms with van der Waals surface area (Å²) in [6, 6.07) is 6.78. The summed E-state index contributed by atoms with van der Waals surface area (Å²) in [6.45, 7) is 0.979. The molecule has 1 heterocycles. The molecule has 4 amide bonds. The Morgan fingerprint density at radius 2 is 1.76 bits per heavy atom. The third kappa shape index (κ3) is 3.19. The SMILES string of the molecule is CN1C(=O)C(=O)N(CCCOc2ccc(CN)cc2)C1=O. The van der Waals surface area contributed by atoms with E-state index in [9.17, 15) is 14.4 Å². The lowest BCUT2D eigenvalue weighted by molar-refractivity contribution is -0.142. The summed E-state index contributed by atoms with van der Waals surface area (Å²) in [5.41, 5.74) is 6.51. The molecule has 1 aromatic carbocycles. The average molecular weight is 291 g/mol. The van der Waals surface area contributed by atoms with E-state index in [2.05, 4.69) is 0 Å². The molecule has 1 aliphatic rings. The molecule has 1 aromatic rings. The van der Waals surface area contributed by atoms with E-state index in [0.29, 0.717) is 25.3 Å². The fourth-order valence-corrected chi connectivity index (χ4v) is 1.95. The molecule has 112 valence electrons. The summed E-state index contributed by atoms with van der Waals surface area (Å²) in [7, 11) is 1.29. The van der Waals surface area contributed by atoms with Crippen molar-refractivity contribution in [3.63, 3.8) is 0 Å². The molecule has 7 nitrogen and oxygen atoms in total. The van der Waals surface area contributed by atoms with Crippen molar-refractivity contribution < 1.29 is 19.1 Å². The maximum absolute atomic E-state index is 11.6. The number of amides is 4. The van der Waals surface area contributed by atoms with Crippen LogP contribution >= 0.6 is 0 Å². The molecule has 1 saturated heterocycles. The van der Waals surface area contributed by atoms with Crippen LogP contribution in [0.25, 0.3) is 0 Å². The first-order valence-electron chi connectivity index (χ1n) is 6.60. The van der Waals surface area contributed by atoms with E-state index in [4.69, 9.17) is 10.5 Å². The lowest BCUT2D eigenvalue weighted by Gasteiger charge is -2.13. The van der Waals surface area contributed by atoms with E-state index >= 15 is 0 Å². The Morgan fingerprint density at radius 3 is 2.29 bits per heavy atom. The van der Waals surface area contributed by atoms with Crippen molar-refractivity contribution in [2.75, 3.05) is 20.2 Å². The number of carbonyl (C=O) groups is 3. The van der Waals surface area contributed by atoms with Gasteiger partial charge < -0.3 is 10.5 Å². The fraction of sp³-hybridized carbons (Fsp3) is 0.357. The normalized spacial score (nSPS) is 15.0. The predicted molar refractivity (Wildman–Crippen MR) is 74.3 cm³/mol. The molecule has 2 rings (SSSR count). The zero-order valence-corrected chi connectivity index (χ0v) is 11.7. The molecule has 0 bridgehead atoms. The summed E-state index contributed by atoms with van der Waals surface area (Å²) in [5.74, 6) is -0.882. The number of hydrogen-bond acceptors (Lipinski definition) is 5. The van der Waals surface area contributed by atoms with Gasteiger partial charge in [0.1, 0.15) is 5.75 Å². The monoisotopic (exact) mass is 291 g/mol. The number of nitrogens with zero attached hydrogens (tertiary/aromatic N) is 2. The van der Waals surface area contributed by atoms with Crippen molar-refractivity contribution in [2.45, 2.75) is 13.0 Å². The van der Waals surface area contributed by atoms with Gasteiger partial charge in [0.15, 0.2) is 0 Å². The Kier molecular flexibility index (Phi) is 4.54. The van der Waals surface area contributed by atoms with Crippen LogP contribution in [0.4, 0.5) is 4.79 Å². The lowest BCUT2D eigenvalue weighted by Crippen LogP contribution is -2.33. The van der Waals surface area contributed by atoms with Crippen molar-refractivity contribution in [1.29, 1.82) is 0 Å². The molecular formula is C14H17N3O4. The molecule has 0 saturated carbocycles. The highest BCUT2D eigenvalue weighted by atomic mass is 16.5. The number of ether oxygens (including phenoxy) is 1. The van der Waals surface area contributed by atoms with Crippen molar-refractivity contribution in [3.8, 4) is 5.75 Å². The predicted octanol–water partition coefficient (Wildman–Crippen LogP) is 0.335. The first-order chi connectivity index (χ1) is 10.0. The Balaban J connectivity index is 1.78. The van der Waals surface area contributed by atoms with Gasteiger partial charge in [0.05, 0.1) is 6.61 Å². The molecular weight excluding hydrogens is 274 g/mol. The Labute approximate surface area is 122 Å². The highest BCUT2D eigenvalue weighted by Crippen LogP contribution is 2.13. The molecule has 1 aliphatic heterocycles.